The summed E-state index contributed by atoms with van der Waals surface area (Å²) in [4.78, 5) is 12.0. The van der Waals surface area contributed by atoms with E-state index in [0.717, 1.165) is 32.4 Å². The number of aryl methyl sites for hydroxylation is 1. The molecular formula is C15H22N2O. The second kappa shape index (κ2) is 6.55. The van der Waals surface area contributed by atoms with Gasteiger partial charge in [-0.25, -0.2) is 0 Å². The molecule has 1 heterocycles. The molecule has 2 N–H and O–H groups in total. The molecule has 1 aromatic rings. The van der Waals surface area contributed by atoms with Gasteiger partial charge < -0.3 is 10.6 Å². The van der Waals surface area contributed by atoms with E-state index in [4.69, 9.17) is 0 Å². The summed E-state index contributed by atoms with van der Waals surface area (Å²) in [7, 11) is 0. The number of hydrogen-bond acceptors (Lipinski definition) is 2. The van der Waals surface area contributed by atoms with E-state index >= 15 is 0 Å². The second-order valence-electron chi connectivity index (χ2n) is 4.86. The zero-order chi connectivity index (χ0) is 12.8. The van der Waals surface area contributed by atoms with Crippen molar-refractivity contribution in [3.8, 4) is 0 Å². The quantitative estimate of drug-likeness (QED) is 0.851. The smallest absolute Gasteiger partial charge is 0.223 e. The summed E-state index contributed by atoms with van der Waals surface area (Å²) < 4.78 is 0. The molecule has 98 valence electrons. The molecule has 0 radical (unpaired) electrons. The zero-order valence-corrected chi connectivity index (χ0v) is 11.0. The van der Waals surface area contributed by atoms with Crippen molar-refractivity contribution in [2.45, 2.75) is 32.7 Å². The van der Waals surface area contributed by atoms with Crippen molar-refractivity contribution < 1.29 is 4.79 Å². The van der Waals surface area contributed by atoms with Crippen molar-refractivity contribution in [1.29, 1.82) is 0 Å². The van der Waals surface area contributed by atoms with Crippen molar-refractivity contribution in [3.05, 3.63) is 35.4 Å². The Balaban J connectivity index is 1.88. The molecule has 0 aliphatic carbocycles. The lowest BCUT2D eigenvalue weighted by Crippen LogP contribution is -2.37. The van der Waals surface area contributed by atoms with Crippen LogP contribution in [0.5, 0.6) is 0 Å². The molecule has 0 atom stereocenters. The van der Waals surface area contributed by atoms with Crippen molar-refractivity contribution >= 4 is 5.91 Å². The predicted molar refractivity (Wildman–Crippen MR) is 73.3 cm³/mol. The number of nitrogens with one attached hydrogen (secondary N) is 2. The van der Waals surface area contributed by atoms with Gasteiger partial charge in [-0.05, 0) is 43.5 Å². The normalized spacial score (nSPS) is 16.5. The Kier molecular flexibility index (Phi) is 4.76. The average Bonchev–Trinajstić information content (AvgIpc) is 2.46. The minimum atomic E-state index is 0.194. The second-order valence-corrected chi connectivity index (χ2v) is 4.86. The molecule has 1 amide bonds. The van der Waals surface area contributed by atoms with Crippen molar-refractivity contribution in [1.82, 2.24) is 10.6 Å². The number of carbonyl (C=O) groups is 1. The lowest BCUT2D eigenvalue weighted by Gasteiger charge is -2.22. The molecule has 1 aliphatic rings. The van der Waals surface area contributed by atoms with Crippen LogP contribution in [0.15, 0.2) is 24.3 Å². The van der Waals surface area contributed by atoms with E-state index in [-0.39, 0.29) is 11.8 Å². The van der Waals surface area contributed by atoms with Crippen molar-refractivity contribution in [2.75, 3.05) is 13.1 Å². The van der Waals surface area contributed by atoms with Gasteiger partial charge in [0.2, 0.25) is 5.91 Å². The van der Waals surface area contributed by atoms with Crippen LogP contribution in [0.1, 0.15) is 30.9 Å². The highest BCUT2D eigenvalue weighted by atomic mass is 16.1. The lowest BCUT2D eigenvalue weighted by molar-refractivity contribution is -0.125. The van der Waals surface area contributed by atoms with Crippen LogP contribution in [0, 0.1) is 5.92 Å². The first kappa shape index (κ1) is 13.1. The Morgan fingerprint density at radius 2 is 1.94 bits per heavy atom. The molecule has 1 aromatic carbocycles. The van der Waals surface area contributed by atoms with Gasteiger partial charge in [0.25, 0.3) is 0 Å². The van der Waals surface area contributed by atoms with Crippen LogP contribution in [0.25, 0.3) is 0 Å². The summed E-state index contributed by atoms with van der Waals surface area (Å²) in [6.45, 7) is 4.73. The summed E-state index contributed by atoms with van der Waals surface area (Å²) in [5.74, 6) is 0.405. The number of hydrogen-bond donors (Lipinski definition) is 2. The van der Waals surface area contributed by atoms with Gasteiger partial charge in [-0.1, -0.05) is 31.2 Å². The van der Waals surface area contributed by atoms with Gasteiger partial charge in [-0.15, -0.1) is 0 Å². The Bertz CT molecular complexity index is 397. The first-order valence-corrected chi connectivity index (χ1v) is 6.86. The first-order chi connectivity index (χ1) is 8.81. The number of benzene rings is 1. The van der Waals surface area contributed by atoms with Gasteiger partial charge in [0, 0.05) is 12.5 Å². The zero-order valence-electron chi connectivity index (χ0n) is 11.0. The van der Waals surface area contributed by atoms with Crippen LogP contribution in [0.4, 0.5) is 0 Å². The molecule has 1 aliphatic heterocycles. The van der Waals surface area contributed by atoms with Crippen molar-refractivity contribution in [2.24, 2.45) is 5.92 Å². The van der Waals surface area contributed by atoms with E-state index in [2.05, 4.69) is 35.8 Å². The molecule has 0 unspecified atom stereocenters. The fraction of sp³-hybridized carbons (Fsp3) is 0.533. The molecule has 0 bridgehead atoms. The highest BCUT2D eigenvalue weighted by molar-refractivity contribution is 5.78. The molecule has 1 saturated heterocycles. The van der Waals surface area contributed by atoms with E-state index in [0.29, 0.717) is 6.54 Å². The van der Waals surface area contributed by atoms with Crippen LogP contribution in [-0.4, -0.2) is 19.0 Å². The summed E-state index contributed by atoms with van der Waals surface area (Å²) >= 11 is 0. The van der Waals surface area contributed by atoms with E-state index in [1.54, 1.807) is 0 Å². The van der Waals surface area contributed by atoms with E-state index in [1.165, 1.54) is 11.1 Å². The maximum absolute atomic E-state index is 12.0. The maximum Gasteiger partial charge on any atom is 0.223 e. The summed E-state index contributed by atoms with van der Waals surface area (Å²) in [6.07, 6.45) is 2.93. The molecule has 0 spiro atoms. The van der Waals surface area contributed by atoms with E-state index in [1.807, 2.05) is 6.07 Å². The van der Waals surface area contributed by atoms with Gasteiger partial charge in [-0.3, -0.25) is 4.79 Å². The topological polar surface area (TPSA) is 41.1 Å². The van der Waals surface area contributed by atoms with Crippen LogP contribution in [-0.2, 0) is 17.8 Å². The molecule has 18 heavy (non-hydrogen) atoms. The van der Waals surface area contributed by atoms with Gasteiger partial charge in [0.05, 0.1) is 0 Å². The lowest BCUT2D eigenvalue weighted by atomic mass is 9.97. The Morgan fingerprint density at radius 3 is 2.61 bits per heavy atom. The third-order valence-corrected chi connectivity index (χ3v) is 3.66. The Hall–Kier alpha value is -1.35. The van der Waals surface area contributed by atoms with Crippen LogP contribution in [0.2, 0.25) is 0 Å². The fourth-order valence-electron chi connectivity index (χ4n) is 2.49. The van der Waals surface area contributed by atoms with Gasteiger partial charge >= 0.3 is 0 Å². The van der Waals surface area contributed by atoms with Gasteiger partial charge in [-0.2, -0.15) is 0 Å². The summed E-state index contributed by atoms with van der Waals surface area (Å²) in [6, 6.07) is 8.32. The van der Waals surface area contributed by atoms with Crippen LogP contribution < -0.4 is 10.6 Å². The standard InChI is InChI=1S/C15H22N2O/c1-2-12-5-3-4-6-14(12)11-17-15(18)13-7-9-16-10-8-13/h3-6,13,16H,2,7-11H2,1H3,(H,17,18). The highest BCUT2D eigenvalue weighted by Crippen LogP contribution is 2.13. The third-order valence-electron chi connectivity index (χ3n) is 3.66. The van der Waals surface area contributed by atoms with Crippen LogP contribution in [0.3, 0.4) is 0 Å². The third kappa shape index (κ3) is 3.33. The van der Waals surface area contributed by atoms with E-state index < -0.39 is 0 Å². The van der Waals surface area contributed by atoms with Crippen LogP contribution >= 0.6 is 0 Å². The highest BCUT2D eigenvalue weighted by Gasteiger charge is 2.20. The maximum atomic E-state index is 12.0. The molecule has 1 fully saturated rings. The summed E-state index contributed by atoms with van der Waals surface area (Å²) in [5.41, 5.74) is 2.56. The Labute approximate surface area is 109 Å². The Morgan fingerprint density at radius 1 is 1.28 bits per heavy atom. The average molecular weight is 246 g/mol. The van der Waals surface area contributed by atoms with E-state index in [9.17, 15) is 4.79 Å². The molecule has 0 aromatic heterocycles. The molecule has 2 rings (SSSR count). The molecule has 0 saturated carbocycles. The first-order valence-electron chi connectivity index (χ1n) is 6.86. The monoisotopic (exact) mass is 246 g/mol. The van der Waals surface area contributed by atoms with Gasteiger partial charge in [0.1, 0.15) is 0 Å². The molecule has 3 heteroatoms. The molecule has 3 nitrogen and oxygen atoms in total. The number of rotatable bonds is 4. The van der Waals surface area contributed by atoms with Crippen molar-refractivity contribution in [3.63, 3.8) is 0 Å². The number of piperidine rings is 1. The minimum Gasteiger partial charge on any atom is -0.352 e. The van der Waals surface area contributed by atoms with Gasteiger partial charge in [0.15, 0.2) is 0 Å². The SMILES string of the molecule is CCc1ccccc1CNC(=O)C1CCNCC1. The minimum absolute atomic E-state index is 0.194. The molecular weight excluding hydrogens is 224 g/mol. The number of amides is 1. The largest absolute Gasteiger partial charge is 0.352 e. The fourth-order valence-corrected chi connectivity index (χ4v) is 2.49. The predicted octanol–water partition coefficient (Wildman–Crippen LogP) is 1.86. The summed E-state index contributed by atoms with van der Waals surface area (Å²) in [5, 5.41) is 6.36. The number of carbonyl (C=O) groups excluding carboxylic acids is 1.